The summed E-state index contributed by atoms with van der Waals surface area (Å²) in [6.07, 6.45) is 5.62. The van der Waals surface area contributed by atoms with Crippen LogP contribution in [-0.2, 0) is 20.9 Å². The van der Waals surface area contributed by atoms with Crippen LogP contribution in [0.3, 0.4) is 0 Å². The Kier molecular flexibility index (Phi) is 6.54. The lowest BCUT2D eigenvalue weighted by Gasteiger charge is -2.25. The first-order chi connectivity index (χ1) is 16.7. The van der Waals surface area contributed by atoms with Gasteiger partial charge in [0, 0.05) is 36.7 Å². The number of amides is 1. The number of likely N-dealkylation sites (tertiary alicyclic amines) is 1. The lowest BCUT2D eigenvalue weighted by molar-refractivity contribution is -0.139. The number of carbonyl (C=O) groups excluding carboxylic acids is 3. The Balaban J connectivity index is 1.79. The Labute approximate surface area is 200 Å². The highest BCUT2D eigenvalue weighted by molar-refractivity contribution is 6.46. The molecule has 9 nitrogen and oxygen atoms in total. The van der Waals surface area contributed by atoms with E-state index >= 15 is 0 Å². The highest BCUT2D eigenvalue weighted by atomic mass is 19.1. The number of methoxy groups -OCH3 is 1. The number of ether oxygens (including phenoxy) is 1. The molecule has 0 bridgehead atoms. The van der Waals surface area contributed by atoms with Crippen LogP contribution in [0.2, 0.25) is 0 Å². The fourth-order valence-electron chi connectivity index (χ4n) is 4.49. The number of rotatable bonds is 7. The van der Waals surface area contributed by atoms with Crippen molar-refractivity contribution in [3.63, 3.8) is 0 Å². The van der Waals surface area contributed by atoms with E-state index in [1.807, 2.05) is 4.57 Å². The average molecular weight is 480 g/mol. The van der Waals surface area contributed by atoms with E-state index in [0.717, 1.165) is 0 Å². The number of aromatic amines is 1. The summed E-state index contributed by atoms with van der Waals surface area (Å²) in [5, 5.41) is 11.3. The van der Waals surface area contributed by atoms with Crippen molar-refractivity contribution in [2.24, 2.45) is 0 Å². The number of benzene rings is 1. The van der Waals surface area contributed by atoms with Crippen LogP contribution < -0.4 is 0 Å². The quantitative estimate of drug-likeness (QED) is 0.232. The van der Waals surface area contributed by atoms with Crippen molar-refractivity contribution in [1.82, 2.24) is 19.4 Å². The largest absolute Gasteiger partial charge is 0.507 e. The van der Waals surface area contributed by atoms with Gasteiger partial charge in [-0.25, -0.2) is 14.2 Å². The van der Waals surface area contributed by atoms with Gasteiger partial charge in [0.15, 0.2) is 0 Å². The number of aromatic nitrogens is 3. The molecule has 10 heteroatoms. The maximum atomic E-state index is 13.7. The maximum Gasteiger partial charge on any atom is 0.354 e. The molecule has 182 valence electrons. The highest BCUT2D eigenvalue weighted by Crippen LogP contribution is 2.41. The Hall–Kier alpha value is -4.21. The Morgan fingerprint density at radius 3 is 2.54 bits per heavy atom. The molecule has 1 aliphatic heterocycles. The first kappa shape index (κ1) is 23.9. The van der Waals surface area contributed by atoms with Crippen LogP contribution in [0.4, 0.5) is 4.39 Å². The number of hydrogen-bond acceptors (Lipinski definition) is 6. The molecule has 0 saturated carbocycles. The van der Waals surface area contributed by atoms with Gasteiger partial charge in [-0.05, 0) is 43.5 Å². The molecule has 1 aliphatic rings. The molecule has 0 radical (unpaired) electrons. The van der Waals surface area contributed by atoms with Crippen molar-refractivity contribution >= 4 is 23.4 Å². The van der Waals surface area contributed by atoms with Gasteiger partial charge in [0.05, 0.1) is 25.1 Å². The van der Waals surface area contributed by atoms with Crippen molar-refractivity contribution in [3.05, 3.63) is 82.5 Å². The van der Waals surface area contributed by atoms with E-state index in [9.17, 15) is 23.9 Å². The molecule has 1 unspecified atom stereocenters. The number of hydrogen-bond donors (Lipinski definition) is 2. The Bertz CT molecular complexity index is 1310. The van der Waals surface area contributed by atoms with Crippen LogP contribution in [0.15, 0.2) is 48.6 Å². The molecule has 1 amide bonds. The predicted octanol–water partition coefficient (Wildman–Crippen LogP) is 3.27. The Morgan fingerprint density at radius 2 is 1.91 bits per heavy atom. The summed E-state index contributed by atoms with van der Waals surface area (Å²) in [5.74, 6) is -3.11. The van der Waals surface area contributed by atoms with Gasteiger partial charge in [-0.1, -0.05) is 12.1 Å². The van der Waals surface area contributed by atoms with Crippen LogP contribution >= 0.6 is 0 Å². The van der Waals surface area contributed by atoms with Crippen LogP contribution in [0, 0.1) is 19.7 Å². The molecule has 1 atom stereocenters. The summed E-state index contributed by atoms with van der Waals surface area (Å²) in [7, 11) is 1.24. The smallest absolute Gasteiger partial charge is 0.354 e. The fourth-order valence-corrected chi connectivity index (χ4v) is 4.49. The predicted molar refractivity (Wildman–Crippen MR) is 124 cm³/mol. The third-order valence-corrected chi connectivity index (χ3v) is 6.16. The minimum absolute atomic E-state index is 0.120. The van der Waals surface area contributed by atoms with Gasteiger partial charge in [-0.2, -0.15) is 0 Å². The van der Waals surface area contributed by atoms with Crippen molar-refractivity contribution in [3.8, 4) is 0 Å². The first-order valence-corrected chi connectivity index (χ1v) is 11.0. The molecule has 1 saturated heterocycles. The van der Waals surface area contributed by atoms with Crippen molar-refractivity contribution < 1.29 is 28.6 Å². The van der Waals surface area contributed by atoms with E-state index in [1.54, 1.807) is 32.6 Å². The second-order valence-corrected chi connectivity index (χ2v) is 8.31. The van der Waals surface area contributed by atoms with Gasteiger partial charge in [0.2, 0.25) is 0 Å². The van der Waals surface area contributed by atoms with Gasteiger partial charge in [0.1, 0.15) is 17.3 Å². The van der Waals surface area contributed by atoms with Crippen molar-refractivity contribution in [1.29, 1.82) is 0 Å². The van der Waals surface area contributed by atoms with Crippen molar-refractivity contribution in [2.75, 3.05) is 13.7 Å². The third-order valence-electron chi connectivity index (χ3n) is 6.16. The summed E-state index contributed by atoms with van der Waals surface area (Å²) in [4.78, 5) is 46.7. The van der Waals surface area contributed by atoms with Gasteiger partial charge < -0.3 is 24.3 Å². The molecule has 35 heavy (non-hydrogen) atoms. The fraction of sp³-hybridized carbons (Fsp3) is 0.280. The normalized spacial score (nSPS) is 17.3. The second kappa shape index (κ2) is 9.57. The summed E-state index contributed by atoms with van der Waals surface area (Å²) in [6, 6.07) is 4.53. The van der Waals surface area contributed by atoms with Gasteiger partial charge in [0.25, 0.3) is 11.7 Å². The SMILES string of the molecule is COC(=O)c1[nH]c(C)c(/C(O)=C2\C(=O)C(=O)N(CCCn3ccnc3)C2c2ccc(F)cc2)c1C. The van der Waals surface area contributed by atoms with Crippen LogP contribution in [0.5, 0.6) is 0 Å². The maximum absolute atomic E-state index is 13.7. The monoisotopic (exact) mass is 480 g/mol. The number of aliphatic hydroxyl groups is 1. The van der Waals surface area contributed by atoms with Gasteiger partial charge in [-0.15, -0.1) is 0 Å². The second-order valence-electron chi connectivity index (χ2n) is 8.31. The lowest BCUT2D eigenvalue weighted by Crippen LogP contribution is -2.31. The number of imidazole rings is 1. The molecular formula is C25H25FN4O5. The number of nitrogens with zero attached hydrogens (tertiary/aromatic N) is 3. The Morgan fingerprint density at radius 1 is 1.20 bits per heavy atom. The van der Waals surface area contributed by atoms with Gasteiger partial charge >= 0.3 is 5.97 Å². The summed E-state index contributed by atoms with van der Waals surface area (Å²) < 4.78 is 20.3. The molecule has 2 aromatic heterocycles. The van der Waals surface area contributed by atoms with Crippen LogP contribution in [0.25, 0.3) is 5.76 Å². The van der Waals surface area contributed by atoms with Crippen molar-refractivity contribution in [2.45, 2.75) is 32.9 Å². The van der Waals surface area contributed by atoms with E-state index < -0.39 is 35.3 Å². The van der Waals surface area contributed by atoms with Crippen LogP contribution in [0.1, 0.15) is 45.3 Å². The number of carbonyl (C=O) groups is 3. The summed E-state index contributed by atoms with van der Waals surface area (Å²) in [5.41, 5.74) is 1.56. The lowest BCUT2D eigenvalue weighted by atomic mass is 9.94. The molecule has 0 spiro atoms. The highest BCUT2D eigenvalue weighted by Gasteiger charge is 2.46. The van der Waals surface area contributed by atoms with E-state index in [1.165, 1.54) is 36.3 Å². The number of ketones is 1. The van der Waals surface area contributed by atoms with E-state index in [4.69, 9.17) is 4.74 Å². The standard InChI is InChI=1S/C25H25FN4O5/c1-14-18(15(2)28-20(14)25(34)35-3)22(31)19-21(16-5-7-17(26)8-6-16)30(24(33)23(19)32)11-4-10-29-12-9-27-13-29/h5-9,12-13,21,28,31H,4,10-11H2,1-3H3/b22-19+. The molecule has 3 heterocycles. The topological polar surface area (TPSA) is 118 Å². The summed E-state index contributed by atoms with van der Waals surface area (Å²) in [6.45, 7) is 4.04. The third kappa shape index (κ3) is 4.34. The van der Waals surface area contributed by atoms with Crippen LogP contribution in [-0.4, -0.2) is 55.9 Å². The number of aryl methyl sites for hydroxylation is 2. The minimum Gasteiger partial charge on any atom is -0.507 e. The molecular weight excluding hydrogens is 455 g/mol. The number of esters is 1. The number of aliphatic hydroxyl groups excluding tert-OH is 1. The summed E-state index contributed by atoms with van der Waals surface area (Å²) >= 11 is 0. The minimum atomic E-state index is -0.923. The zero-order valence-electron chi connectivity index (χ0n) is 19.5. The average Bonchev–Trinajstić information content (AvgIpc) is 3.52. The van der Waals surface area contributed by atoms with E-state index in [0.29, 0.717) is 29.8 Å². The molecule has 0 aliphatic carbocycles. The number of halogens is 1. The first-order valence-electron chi connectivity index (χ1n) is 11.0. The molecule has 2 N–H and O–H groups in total. The van der Waals surface area contributed by atoms with E-state index in [-0.39, 0.29) is 23.4 Å². The molecule has 1 fully saturated rings. The zero-order chi connectivity index (χ0) is 25.3. The zero-order valence-corrected chi connectivity index (χ0v) is 19.5. The number of Topliss-reactive ketones (excluding diaryl/α,β-unsaturated/α-hetero) is 1. The molecule has 1 aromatic carbocycles. The van der Waals surface area contributed by atoms with Gasteiger partial charge in [-0.3, -0.25) is 9.59 Å². The molecule has 3 aromatic rings. The number of nitrogens with one attached hydrogen (secondary N) is 1. The van der Waals surface area contributed by atoms with E-state index in [2.05, 4.69) is 9.97 Å². The number of H-pyrrole nitrogens is 1. The molecule has 4 rings (SSSR count).